The molecule has 0 spiro atoms. The van der Waals surface area contributed by atoms with Crippen molar-refractivity contribution in [3.05, 3.63) is 29.3 Å². The zero-order valence-electron chi connectivity index (χ0n) is 13.2. The minimum atomic E-state index is -0.108. The Morgan fingerprint density at radius 3 is 2.48 bits per heavy atom. The maximum atomic E-state index is 6.62. The number of methoxy groups -OCH3 is 1. The molecule has 0 aromatic heterocycles. The zero-order chi connectivity index (χ0) is 14.7. The topological polar surface area (TPSA) is 38.5 Å². The summed E-state index contributed by atoms with van der Waals surface area (Å²) in [4.78, 5) is 2.54. The number of nitrogens with zero attached hydrogens (tertiary/aromatic N) is 1. The van der Waals surface area contributed by atoms with Crippen molar-refractivity contribution in [3.63, 3.8) is 0 Å². The van der Waals surface area contributed by atoms with Gasteiger partial charge in [-0.2, -0.15) is 0 Å². The van der Waals surface area contributed by atoms with Crippen molar-refractivity contribution in [2.24, 2.45) is 5.73 Å². The second kappa shape index (κ2) is 6.37. The second-order valence-corrected chi connectivity index (χ2v) is 6.73. The predicted octanol–water partition coefficient (Wildman–Crippen LogP) is 3.41. The van der Waals surface area contributed by atoms with Gasteiger partial charge in [0.25, 0.3) is 0 Å². The number of benzene rings is 1. The van der Waals surface area contributed by atoms with Crippen LogP contribution in [0.5, 0.6) is 5.75 Å². The van der Waals surface area contributed by atoms with Gasteiger partial charge in [-0.05, 0) is 56.5 Å². The fraction of sp³-hybridized carbons (Fsp3) is 0.667. The Hall–Kier alpha value is -1.06. The van der Waals surface area contributed by atoms with E-state index in [0.717, 1.165) is 25.1 Å². The van der Waals surface area contributed by atoms with Crippen LogP contribution in [0.1, 0.15) is 56.1 Å². The van der Waals surface area contributed by atoms with Crippen molar-refractivity contribution >= 4 is 0 Å². The molecule has 0 unspecified atom stereocenters. The van der Waals surface area contributed by atoms with E-state index in [2.05, 4.69) is 23.1 Å². The summed E-state index contributed by atoms with van der Waals surface area (Å²) >= 11 is 0. The predicted molar refractivity (Wildman–Crippen MR) is 86.5 cm³/mol. The standard InChI is InChI=1S/C18H28N2O/c1-21-17-8-7-16(18(19)9-3-4-10-18)13-15(17)14-20-11-5-2-6-12-20/h7-8,13H,2-6,9-12,14,19H2,1H3. The van der Waals surface area contributed by atoms with E-state index in [-0.39, 0.29) is 5.54 Å². The number of rotatable bonds is 4. The molecule has 0 radical (unpaired) electrons. The smallest absolute Gasteiger partial charge is 0.123 e. The highest BCUT2D eigenvalue weighted by Gasteiger charge is 2.31. The number of piperidine rings is 1. The first-order chi connectivity index (χ1) is 10.2. The summed E-state index contributed by atoms with van der Waals surface area (Å²) in [6, 6.07) is 6.59. The first-order valence-corrected chi connectivity index (χ1v) is 8.40. The van der Waals surface area contributed by atoms with Crippen LogP contribution in [0, 0.1) is 0 Å². The van der Waals surface area contributed by atoms with Gasteiger partial charge in [-0.25, -0.2) is 0 Å². The molecule has 2 fully saturated rings. The van der Waals surface area contributed by atoms with Crippen molar-refractivity contribution in [1.29, 1.82) is 0 Å². The van der Waals surface area contributed by atoms with Crippen LogP contribution in [0.4, 0.5) is 0 Å². The SMILES string of the molecule is COc1ccc(C2(N)CCCC2)cc1CN1CCCCC1. The van der Waals surface area contributed by atoms with Gasteiger partial charge in [0.2, 0.25) is 0 Å². The normalized spacial score (nSPS) is 22.4. The summed E-state index contributed by atoms with van der Waals surface area (Å²) in [7, 11) is 1.77. The number of hydrogen-bond donors (Lipinski definition) is 1. The average molecular weight is 288 g/mol. The molecule has 1 aliphatic carbocycles. The molecule has 116 valence electrons. The first kappa shape index (κ1) is 14.9. The Morgan fingerprint density at radius 1 is 1.10 bits per heavy atom. The average Bonchev–Trinajstić information content (AvgIpc) is 2.96. The molecule has 1 aromatic rings. The summed E-state index contributed by atoms with van der Waals surface area (Å²) in [5.74, 6) is 1.01. The molecular weight excluding hydrogens is 260 g/mol. The third-order valence-corrected chi connectivity index (χ3v) is 5.19. The van der Waals surface area contributed by atoms with Gasteiger partial charge in [-0.1, -0.05) is 25.3 Å². The number of ether oxygens (including phenoxy) is 1. The maximum absolute atomic E-state index is 6.62. The molecule has 0 bridgehead atoms. The van der Waals surface area contributed by atoms with Crippen LogP contribution in [-0.2, 0) is 12.1 Å². The van der Waals surface area contributed by atoms with E-state index in [1.807, 2.05) is 0 Å². The molecule has 21 heavy (non-hydrogen) atoms. The van der Waals surface area contributed by atoms with E-state index in [9.17, 15) is 0 Å². The third-order valence-electron chi connectivity index (χ3n) is 5.19. The quantitative estimate of drug-likeness (QED) is 0.922. The van der Waals surface area contributed by atoms with E-state index in [1.165, 1.54) is 56.3 Å². The summed E-state index contributed by atoms with van der Waals surface area (Å²) in [6.07, 6.45) is 8.75. The van der Waals surface area contributed by atoms with Crippen molar-refractivity contribution in [3.8, 4) is 5.75 Å². The molecule has 2 N–H and O–H groups in total. The Bertz CT molecular complexity index is 474. The van der Waals surface area contributed by atoms with Crippen molar-refractivity contribution in [2.75, 3.05) is 20.2 Å². The summed E-state index contributed by atoms with van der Waals surface area (Å²) in [5, 5.41) is 0. The van der Waals surface area contributed by atoms with Gasteiger partial charge in [0.15, 0.2) is 0 Å². The van der Waals surface area contributed by atoms with Crippen LogP contribution < -0.4 is 10.5 Å². The summed E-state index contributed by atoms with van der Waals surface area (Å²) in [5.41, 5.74) is 9.11. The van der Waals surface area contributed by atoms with Crippen LogP contribution in [0.25, 0.3) is 0 Å². The lowest BCUT2D eigenvalue weighted by Gasteiger charge is -2.29. The van der Waals surface area contributed by atoms with Crippen molar-refractivity contribution in [1.82, 2.24) is 4.90 Å². The molecule has 1 heterocycles. The molecule has 1 saturated heterocycles. The number of hydrogen-bond acceptors (Lipinski definition) is 3. The molecule has 1 aliphatic heterocycles. The van der Waals surface area contributed by atoms with E-state index in [4.69, 9.17) is 10.5 Å². The molecule has 3 nitrogen and oxygen atoms in total. The lowest BCUT2D eigenvalue weighted by Crippen LogP contribution is -2.33. The van der Waals surface area contributed by atoms with Crippen LogP contribution >= 0.6 is 0 Å². The number of likely N-dealkylation sites (tertiary alicyclic amines) is 1. The largest absolute Gasteiger partial charge is 0.496 e. The van der Waals surface area contributed by atoms with Crippen LogP contribution in [0.15, 0.2) is 18.2 Å². The zero-order valence-corrected chi connectivity index (χ0v) is 13.2. The van der Waals surface area contributed by atoms with Crippen molar-refractivity contribution < 1.29 is 4.74 Å². The van der Waals surface area contributed by atoms with E-state index < -0.39 is 0 Å². The molecule has 1 saturated carbocycles. The third kappa shape index (κ3) is 3.24. The van der Waals surface area contributed by atoms with Gasteiger partial charge in [0, 0.05) is 17.6 Å². The second-order valence-electron chi connectivity index (χ2n) is 6.73. The molecule has 0 amide bonds. The molecule has 0 atom stereocenters. The highest BCUT2D eigenvalue weighted by atomic mass is 16.5. The maximum Gasteiger partial charge on any atom is 0.123 e. The fourth-order valence-electron chi connectivity index (χ4n) is 3.86. The van der Waals surface area contributed by atoms with Gasteiger partial charge < -0.3 is 10.5 Å². The Kier molecular flexibility index (Phi) is 4.51. The molecular formula is C18H28N2O. The van der Waals surface area contributed by atoms with Crippen LogP contribution in [-0.4, -0.2) is 25.1 Å². The van der Waals surface area contributed by atoms with Gasteiger partial charge in [-0.15, -0.1) is 0 Å². The molecule has 1 aromatic carbocycles. The van der Waals surface area contributed by atoms with Gasteiger partial charge >= 0.3 is 0 Å². The fourth-order valence-corrected chi connectivity index (χ4v) is 3.86. The summed E-state index contributed by atoms with van der Waals surface area (Å²) in [6.45, 7) is 3.41. The Labute approximate surface area is 128 Å². The highest BCUT2D eigenvalue weighted by Crippen LogP contribution is 2.38. The Balaban J connectivity index is 1.82. The molecule has 2 aliphatic rings. The van der Waals surface area contributed by atoms with E-state index >= 15 is 0 Å². The molecule has 3 rings (SSSR count). The van der Waals surface area contributed by atoms with E-state index in [0.29, 0.717) is 0 Å². The van der Waals surface area contributed by atoms with Crippen molar-refractivity contribution in [2.45, 2.75) is 57.0 Å². The van der Waals surface area contributed by atoms with Gasteiger partial charge in [0.05, 0.1) is 7.11 Å². The first-order valence-electron chi connectivity index (χ1n) is 8.40. The van der Waals surface area contributed by atoms with Gasteiger partial charge in [0.1, 0.15) is 5.75 Å². The van der Waals surface area contributed by atoms with Gasteiger partial charge in [-0.3, -0.25) is 4.90 Å². The monoisotopic (exact) mass is 288 g/mol. The molecule has 3 heteroatoms. The van der Waals surface area contributed by atoms with Crippen LogP contribution in [0.3, 0.4) is 0 Å². The lowest BCUT2D eigenvalue weighted by molar-refractivity contribution is 0.218. The minimum Gasteiger partial charge on any atom is -0.496 e. The Morgan fingerprint density at radius 2 is 1.81 bits per heavy atom. The number of nitrogens with two attached hydrogens (primary N) is 1. The summed E-state index contributed by atoms with van der Waals surface area (Å²) < 4.78 is 5.57. The highest BCUT2D eigenvalue weighted by molar-refractivity contribution is 5.40. The van der Waals surface area contributed by atoms with E-state index in [1.54, 1.807) is 7.11 Å². The van der Waals surface area contributed by atoms with Crippen LogP contribution in [0.2, 0.25) is 0 Å². The minimum absolute atomic E-state index is 0.108. The lowest BCUT2D eigenvalue weighted by atomic mass is 9.88.